The van der Waals surface area contributed by atoms with Crippen LogP contribution in [0.15, 0.2) is 24.3 Å². The lowest BCUT2D eigenvalue weighted by Gasteiger charge is -2.00. The highest BCUT2D eigenvalue weighted by Crippen LogP contribution is 2.09. The Hall–Kier alpha value is -2.48. The van der Waals surface area contributed by atoms with Crippen molar-refractivity contribution in [3.63, 3.8) is 0 Å². The van der Waals surface area contributed by atoms with E-state index in [-0.39, 0.29) is 12.4 Å². The average Bonchev–Trinajstić information content (AvgIpc) is 2.28. The molecular weight excluding hydrogens is 220 g/mol. The highest BCUT2D eigenvalue weighted by molar-refractivity contribution is 5.87. The summed E-state index contributed by atoms with van der Waals surface area (Å²) in [4.78, 5) is 21.5. The Morgan fingerprint density at radius 1 is 1.47 bits per heavy atom. The first-order valence-electron chi connectivity index (χ1n) is 4.84. The minimum Gasteiger partial charge on any atom is -0.468 e. The van der Waals surface area contributed by atoms with Gasteiger partial charge in [0.25, 0.3) is 0 Å². The van der Waals surface area contributed by atoms with Crippen LogP contribution in [0.4, 0.5) is 10.5 Å². The van der Waals surface area contributed by atoms with E-state index in [1.54, 1.807) is 24.3 Å². The van der Waals surface area contributed by atoms with E-state index in [1.165, 1.54) is 7.11 Å². The number of benzene rings is 1. The molecule has 1 aromatic rings. The van der Waals surface area contributed by atoms with Crippen LogP contribution in [0, 0.1) is 11.8 Å². The van der Waals surface area contributed by atoms with Crippen molar-refractivity contribution in [1.29, 1.82) is 0 Å². The minimum atomic E-state index is -0.635. The number of urea groups is 1. The fourth-order valence-electron chi connectivity index (χ4n) is 1.11. The van der Waals surface area contributed by atoms with E-state index in [1.807, 2.05) is 0 Å². The lowest BCUT2D eigenvalue weighted by molar-refractivity contribution is -0.139. The molecule has 88 valence electrons. The Morgan fingerprint density at radius 2 is 2.24 bits per heavy atom. The standard InChI is InChI=1S/C12H12N2O3/c1-17-11(15)7-3-5-9-4-2-6-10(8-9)14-12(13)16/h2,4,6,8H,7H2,1H3,(H3,13,14,16). The number of hydrogen-bond donors (Lipinski definition) is 2. The van der Waals surface area contributed by atoms with E-state index in [2.05, 4.69) is 21.9 Å². The first-order valence-corrected chi connectivity index (χ1v) is 4.84. The number of rotatable bonds is 2. The first-order chi connectivity index (χ1) is 8.11. The molecule has 0 bridgehead atoms. The van der Waals surface area contributed by atoms with Gasteiger partial charge in [0.2, 0.25) is 0 Å². The fraction of sp³-hybridized carbons (Fsp3) is 0.167. The zero-order chi connectivity index (χ0) is 12.7. The van der Waals surface area contributed by atoms with Crippen LogP contribution in [0.5, 0.6) is 0 Å². The van der Waals surface area contributed by atoms with Crippen LogP contribution in [0.3, 0.4) is 0 Å². The van der Waals surface area contributed by atoms with Gasteiger partial charge in [0.05, 0.1) is 7.11 Å². The lowest BCUT2D eigenvalue weighted by Crippen LogP contribution is -2.19. The molecule has 0 aromatic heterocycles. The molecule has 0 aliphatic rings. The summed E-state index contributed by atoms with van der Waals surface area (Å²) in [6, 6.07) is 6.21. The molecule has 1 aromatic carbocycles. The normalized spacial score (nSPS) is 8.76. The summed E-state index contributed by atoms with van der Waals surface area (Å²) in [5, 5.41) is 2.43. The number of hydrogen-bond acceptors (Lipinski definition) is 3. The van der Waals surface area contributed by atoms with Gasteiger partial charge in [-0.15, -0.1) is 0 Å². The molecular formula is C12H12N2O3. The number of esters is 1. The maximum absolute atomic E-state index is 10.8. The quantitative estimate of drug-likeness (QED) is 0.591. The van der Waals surface area contributed by atoms with E-state index in [9.17, 15) is 9.59 Å². The Balaban J connectivity index is 2.71. The van der Waals surface area contributed by atoms with Crippen molar-refractivity contribution < 1.29 is 14.3 Å². The molecule has 0 radical (unpaired) electrons. The van der Waals surface area contributed by atoms with Gasteiger partial charge in [0.15, 0.2) is 0 Å². The maximum Gasteiger partial charge on any atom is 0.317 e. The van der Waals surface area contributed by atoms with Gasteiger partial charge in [0, 0.05) is 11.3 Å². The molecule has 0 atom stereocenters. The molecule has 17 heavy (non-hydrogen) atoms. The molecule has 0 fully saturated rings. The molecule has 0 aliphatic carbocycles. The molecule has 0 saturated carbocycles. The topological polar surface area (TPSA) is 81.4 Å². The van der Waals surface area contributed by atoms with E-state index >= 15 is 0 Å². The molecule has 0 saturated heterocycles. The third-order valence-corrected chi connectivity index (χ3v) is 1.82. The van der Waals surface area contributed by atoms with E-state index in [4.69, 9.17) is 5.73 Å². The van der Waals surface area contributed by atoms with Crippen LogP contribution in [0.2, 0.25) is 0 Å². The van der Waals surface area contributed by atoms with Crippen LogP contribution < -0.4 is 11.1 Å². The predicted octanol–water partition coefficient (Wildman–Crippen LogP) is 1.09. The average molecular weight is 232 g/mol. The number of nitrogens with two attached hydrogens (primary N) is 1. The highest BCUT2D eigenvalue weighted by Gasteiger charge is 1.97. The molecule has 5 heteroatoms. The number of carbonyl (C=O) groups excluding carboxylic acids is 2. The summed E-state index contributed by atoms with van der Waals surface area (Å²) in [6.07, 6.45) is 0.0317. The van der Waals surface area contributed by atoms with Crippen molar-refractivity contribution in [3.05, 3.63) is 29.8 Å². The maximum atomic E-state index is 10.8. The van der Waals surface area contributed by atoms with Crippen LogP contribution in [-0.4, -0.2) is 19.1 Å². The van der Waals surface area contributed by atoms with Gasteiger partial charge in [-0.1, -0.05) is 17.9 Å². The van der Waals surface area contributed by atoms with Gasteiger partial charge in [-0.2, -0.15) is 0 Å². The summed E-state index contributed by atoms with van der Waals surface area (Å²) in [7, 11) is 1.31. The van der Waals surface area contributed by atoms with Crippen molar-refractivity contribution in [3.8, 4) is 11.8 Å². The van der Waals surface area contributed by atoms with Crippen molar-refractivity contribution in [2.45, 2.75) is 6.42 Å². The van der Waals surface area contributed by atoms with Crippen molar-refractivity contribution in [2.75, 3.05) is 12.4 Å². The molecule has 2 amide bonds. The number of anilines is 1. The molecule has 0 unspecified atom stereocenters. The number of nitrogens with one attached hydrogen (secondary N) is 1. The minimum absolute atomic E-state index is 0.0317. The summed E-state index contributed by atoms with van der Waals surface area (Å²) in [5.41, 5.74) is 6.22. The largest absolute Gasteiger partial charge is 0.468 e. The van der Waals surface area contributed by atoms with E-state index in [0.29, 0.717) is 11.3 Å². The van der Waals surface area contributed by atoms with Gasteiger partial charge >= 0.3 is 12.0 Å². The molecule has 0 heterocycles. The SMILES string of the molecule is COC(=O)CC#Cc1cccc(NC(N)=O)c1. The summed E-state index contributed by atoms with van der Waals surface area (Å²) in [6.45, 7) is 0. The smallest absolute Gasteiger partial charge is 0.317 e. The van der Waals surface area contributed by atoms with Crippen molar-refractivity contribution >= 4 is 17.7 Å². The molecule has 0 spiro atoms. The third kappa shape index (κ3) is 4.71. The number of carbonyl (C=O) groups is 2. The third-order valence-electron chi connectivity index (χ3n) is 1.82. The van der Waals surface area contributed by atoms with Crippen LogP contribution in [-0.2, 0) is 9.53 Å². The molecule has 3 N–H and O–H groups in total. The summed E-state index contributed by atoms with van der Waals surface area (Å²) in [5.74, 6) is 5.06. The molecule has 0 aliphatic heterocycles. The highest BCUT2D eigenvalue weighted by atomic mass is 16.5. The van der Waals surface area contributed by atoms with Crippen LogP contribution >= 0.6 is 0 Å². The fourth-order valence-corrected chi connectivity index (χ4v) is 1.11. The summed E-state index contributed by atoms with van der Waals surface area (Å²) >= 11 is 0. The Morgan fingerprint density at radius 3 is 2.88 bits per heavy atom. The molecule has 1 rings (SSSR count). The van der Waals surface area contributed by atoms with Crippen LogP contribution in [0.1, 0.15) is 12.0 Å². The summed E-state index contributed by atoms with van der Waals surface area (Å²) < 4.78 is 4.45. The van der Waals surface area contributed by atoms with Gasteiger partial charge in [-0.25, -0.2) is 4.79 Å². The number of ether oxygens (including phenoxy) is 1. The second-order valence-electron chi connectivity index (χ2n) is 3.12. The van der Waals surface area contributed by atoms with Crippen molar-refractivity contribution in [2.24, 2.45) is 5.73 Å². The number of methoxy groups -OCH3 is 1. The Kier molecular flexibility index (Phi) is 4.58. The second-order valence-corrected chi connectivity index (χ2v) is 3.12. The van der Waals surface area contributed by atoms with Gasteiger partial charge in [-0.3, -0.25) is 4.79 Å². The monoisotopic (exact) mass is 232 g/mol. The van der Waals surface area contributed by atoms with Crippen molar-refractivity contribution in [1.82, 2.24) is 0 Å². The lowest BCUT2D eigenvalue weighted by atomic mass is 10.2. The van der Waals surface area contributed by atoms with Gasteiger partial charge in [-0.05, 0) is 18.2 Å². The first kappa shape index (κ1) is 12.6. The Bertz CT molecular complexity index is 486. The van der Waals surface area contributed by atoms with Crippen LogP contribution in [0.25, 0.3) is 0 Å². The number of amides is 2. The predicted molar refractivity (Wildman–Crippen MR) is 63.2 cm³/mol. The Labute approximate surface area is 98.9 Å². The van der Waals surface area contributed by atoms with E-state index < -0.39 is 6.03 Å². The second kappa shape index (κ2) is 6.18. The van der Waals surface area contributed by atoms with Gasteiger partial charge in [0.1, 0.15) is 6.42 Å². The molecule has 5 nitrogen and oxygen atoms in total. The zero-order valence-corrected chi connectivity index (χ0v) is 9.32. The van der Waals surface area contributed by atoms with Gasteiger partial charge < -0.3 is 15.8 Å². The zero-order valence-electron chi connectivity index (χ0n) is 9.32. The number of primary amides is 1. The van der Waals surface area contributed by atoms with E-state index in [0.717, 1.165) is 0 Å².